The van der Waals surface area contributed by atoms with Gasteiger partial charge in [-0.05, 0) is 97.5 Å². The Morgan fingerprint density at radius 3 is 1.00 bits per heavy atom. The molecule has 0 N–H and O–H groups in total. The third kappa shape index (κ3) is 6.94. The predicted octanol–water partition coefficient (Wildman–Crippen LogP) is 21.2. The third-order valence-electron chi connectivity index (χ3n) is 15.8. The summed E-state index contributed by atoms with van der Waals surface area (Å²) < 4.78 is 21.7. The lowest BCUT2D eigenvalue weighted by atomic mass is 9.98. The second-order valence-electron chi connectivity index (χ2n) is 20.6. The van der Waals surface area contributed by atoms with Crippen LogP contribution in [-0.2, 0) is 0 Å². The van der Waals surface area contributed by atoms with Gasteiger partial charge in [-0.15, -0.1) is 0 Å². The van der Waals surface area contributed by atoms with Gasteiger partial charge in [0.05, 0.1) is 22.7 Å². The summed E-state index contributed by atoms with van der Waals surface area (Å²) in [5.41, 5.74) is 20.1. The highest BCUT2D eigenvalue weighted by atomic mass is 16.3. The Labute approximate surface area is 445 Å². The molecule has 3 aromatic heterocycles. The molecule has 0 aliphatic heterocycles. The maximum Gasteiger partial charge on any atom is 0.159 e. The fraction of sp³-hybridized carbons (Fsp3) is 0.0556. The Morgan fingerprint density at radius 2 is 0.571 bits per heavy atom. The normalized spacial score (nSPS) is 11.9. The van der Waals surface area contributed by atoms with Crippen molar-refractivity contribution in [1.29, 1.82) is 0 Å². The lowest BCUT2D eigenvalue weighted by Crippen LogP contribution is -2.13. The van der Waals surface area contributed by atoms with Crippen LogP contribution in [0.2, 0.25) is 0 Å². The van der Waals surface area contributed by atoms with Crippen molar-refractivity contribution in [3.63, 3.8) is 0 Å². The largest absolute Gasteiger partial charge is 0.455 e. The zero-order valence-corrected chi connectivity index (χ0v) is 43.1. The number of aryl methyl sites for hydroxylation is 4. The second-order valence-corrected chi connectivity index (χ2v) is 20.6. The molecule has 0 amide bonds. The second kappa shape index (κ2) is 17.4. The van der Waals surface area contributed by atoms with E-state index in [1.54, 1.807) is 0 Å². The van der Waals surface area contributed by atoms with Gasteiger partial charge in [-0.25, -0.2) is 0 Å². The molecular formula is C72H50N2O3. The number of anilines is 6. The predicted molar refractivity (Wildman–Crippen MR) is 322 cm³/mol. The molecular weight excluding hydrogens is 941 g/mol. The number of nitrogens with zero attached hydrogens (tertiary/aromatic N) is 2. The minimum absolute atomic E-state index is 0.820. The molecule has 0 bridgehead atoms. The summed E-state index contributed by atoms with van der Waals surface area (Å²) in [6, 6.07) is 82.6. The van der Waals surface area contributed by atoms with Crippen molar-refractivity contribution in [2.24, 2.45) is 0 Å². The van der Waals surface area contributed by atoms with Crippen molar-refractivity contribution in [2.45, 2.75) is 27.7 Å². The van der Waals surface area contributed by atoms with Gasteiger partial charge in [0.1, 0.15) is 22.3 Å². The molecule has 0 radical (unpaired) electrons. The van der Waals surface area contributed by atoms with Crippen molar-refractivity contribution in [2.75, 3.05) is 9.80 Å². The minimum Gasteiger partial charge on any atom is -0.455 e. The molecule has 77 heavy (non-hydrogen) atoms. The van der Waals surface area contributed by atoms with Crippen molar-refractivity contribution in [1.82, 2.24) is 0 Å². The van der Waals surface area contributed by atoms with Crippen LogP contribution in [0.25, 0.3) is 110 Å². The van der Waals surface area contributed by atoms with E-state index in [4.69, 9.17) is 13.3 Å². The van der Waals surface area contributed by atoms with Gasteiger partial charge in [0.2, 0.25) is 0 Å². The van der Waals surface area contributed by atoms with Crippen LogP contribution in [0.15, 0.2) is 244 Å². The number of fused-ring (bicyclic) bond motifs is 13. The van der Waals surface area contributed by atoms with E-state index < -0.39 is 0 Å². The van der Waals surface area contributed by atoms with Crippen molar-refractivity contribution in [3.05, 3.63) is 253 Å². The molecule has 3 heterocycles. The van der Waals surface area contributed by atoms with Gasteiger partial charge in [0.25, 0.3) is 0 Å². The quantitative estimate of drug-likeness (QED) is 0.152. The van der Waals surface area contributed by atoms with Crippen LogP contribution in [0, 0.1) is 27.7 Å². The Hall–Kier alpha value is -9.84. The van der Waals surface area contributed by atoms with Gasteiger partial charge in [-0.1, -0.05) is 194 Å². The molecule has 0 aliphatic rings. The molecule has 0 spiro atoms. The number of hydrogen-bond donors (Lipinski definition) is 0. The smallest absolute Gasteiger partial charge is 0.159 e. The van der Waals surface area contributed by atoms with E-state index in [0.29, 0.717) is 0 Å². The van der Waals surface area contributed by atoms with E-state index in [9.17, 15) is 0 Å². The third-order valence-corrected chi connectivity index (χ3v) is 15.8. The van der Waals surface area contributed by atoms with E-state index in [-0.39, 0.29) is 0 Å². The number of furan rings is 3. The first-order chi connectivity index (χ1) is 37.9. The molecule has 0 atom stereocenters. The Morgan fingerprint density at radius 1 is 0.234 bits per heavy atom. The first-order valence-corrected chi connectivity index (χ1v) is 26.4. The fourth-order valence-corrected chi connectivity index (χ4v) is 12.1. The van der Waals surface area contributed by atoms with E-state index in [1.165, 1.54) is 0 Å². The Balaban J connectivity index is 1.03. The standard InChI is InChI=1S/C72H50N2O3/c1-43-35-37-45(3)63(39-43)73(61-33-17-31-57-55-29-15-27-49(67(55)76-71(57)61)47-19-7-5-8-20-47)65-41-59-60-42-66(52-24-12-14-26-54(52)70(60)75-69(59)53-25-13-11-23-51(53)65)74(64-40-44(2)36-38-46(64)4)62-34-18-32-58-56-30-16-28-50(68(56)77-72(58)62)48-21-9-6-10-22-48/h5-42H,1-4H3. The molecule has 0 unspecified atom stereocenters. The summed E-state index contributed by atoms with van der Waals surface area (Å²) in [7, 11) is 0. The monoisotopic (exact) mass is 990 g/mol. The summed E-state index contributed by atoms with van der Waals surface area (Å²) in [5.74, 6) is 0. The zero-order chi connectivity index (χ0) is 51.5. The molecule has 12 aromatic carbocycles. The molecule has 15 aromatic rings. The number of hydrogen-bond acceptors (Lipinski definition) is 5. The van der Waals surface area contributed by atoms with E-state index in [2.05, 4.69) is 268 Å². The van der Waals surface area contributed by atoms with Crippen LogP contribution in [0.3, 0.4) is 0 Å². The molecule has 5 heteroatoms. The SMILES string of the molecule is Cc1ccc(C)c(N(c2cc3c4cc(N(c5cc(C)ccc5C)c5cccc6c5oc5c(-c7ccccc7)cccc56)c5ccccc5c4oc3c3ccccc23)c2cccc3c2oc2c(-c4ccccc4)cccc23)c1. The summed E-state index contributed by atoms with van der Waals surface area (Å²) in [6.45, 7) is 8.74. The highest BCUT2D eigenvalue weighted by Gasteiger charge is 2.29. The lowest BCUT2D eigenvalue weighted by Gasteiger charge is -2.29. The van der Waals surface area contributed by atoms with Gasteiger partial charge >= 0.3 is 0 Å². The van der Waals surface area contributed by atoms with Crippen LogP contribution in [-0.4, -0.2) is 0 Å². The summed E-state index contributed by atoms with van der Waals surface area (Å²) >= 11 is 0. The maximum absolute atomic E-state index is 7.31. The van der Waals surface area contributed by atoms with Crippen molar-refractivity contribution < 1.29 is 13.3 Å². The first-order valence-electron chi connectivity index (χ1n) is 26.4. The van der Waals surface area contributed by atoms with Crippen LogP contribution in [0.4, 0.5) is 34.1 Å². The van der Waals surface area contributed by atoms with Crippen LogP contribution < -0.4 is 9.80 Å². The van der Waals surface area contributed by atoms with Gasteiger partial charge in [-0.2, -0.15) is 0 Å². The van der Waals surface area contributed by atoms with Crippen LogP contribution in [0.5, 0.6) is 0 Å². The average molecular weight is 991 g/mol. The number of benzene rings is 12. The van der Waals surface area contributed by atoms with Gasteiger partial charge in [0.15, 0.2) is 11.2 Å². The summed E-state index contributed by atoms with van der Waals surface area (Å²) in [5, 5.41) is 10.5. The van der Waals surface area contributed by atoms with Gasteiger partial charge in [0, 0.05) is 76.4 Å². The zero-order valence-electron chi connectivity index (χ0n) is 43.1. The highest BCUT2D eigenvalue weighted by molar-refractivity contribution is 6.26. The van der Waals surface area contributed by atoms with E-state index in [0.717, 1.165) is 166 Å². The molecule has 0 saturated carbocycles. The Kier molecular flexibility index (Phi) is 10.1. The molecule has 366 valence electrons. The van der Waals surface area contributed by atoms with Crippen LogP contribution >= 0.6 is 0 Å². The van der Waals surface area contributed by atoms with E-state index in [1.807, 2.05) is 0 Å². The molecule has 0 aliphatic carbocycles. The topological polar surface area (TPSA) is 45.9 Å². The van der Waals surface area contributed by atoms with Crippen molar-refractivity contribution in [3.8, 4) is 22.3 Å². The van der Waals surface area contributed by atoms with Crippen molar-refractivity contribution >= 4 is 121 Å². The molecule has 15 rings (SSSR count). The molecule has 5 nitrogen and oxygen atoms in total. The van der Waals surface area contributed by atoms with Gasteiger partial charge in [-0.3, -0.25) is 0 Å². The minimum atomic E-state index is 0.820. The number of para-hydroxylation sites is 4. The van der Waals surface area contributed by atoms with Gasteiger partial charge < -0.3 is 23.1 Å². The molecule has 0 saturated heterocycles. The summed E-state index contributed by atoms with van der Waals surface area (Å²) in [6.07, 6.45) is 0. The molecule has 0 fully saturated rings. The number of rotatable bonds is 8. The lowest BCUT2D eigenvalue weighted by molar-refractivity contribution is 0.670. The van der Waals surface area contributed by atoms with E-state index >= 15 is 0 Å². The average Bonchev–Trinajstić information content (AvgIpc) is 4.38. The Bertz CT molecular complexity index is 4560. The first kappa shape index (κ1) is 44.6. The summed E-state index contributed by atoms with van der Waals surface area (Å²) in [4.78, 5) is 4.85. The van der Waals surface area contributed by atoms with Crippen LogP contribution in [0.1, 0.15) is 22.3 Å². The fourth-order valence-electron chi connectivity index (χ4n) is 12.1. The highest BCUT2D eigenvalue weighted by Crippen LogP contribution is 2.53. The maximum atomic E-state index is 7.31.